The molecule has 3 heterocycles. The number of anilines is 2. The van der Waals surface area contributed by atoms with Gasteiger partial charge in [0.05, 0.1) is 5.92 Å². The van der Waals surface area contributed by atoms with Gasteiger partial charge in [-0.15, -0.1) is 0 Å². The van der Waals surface area contributed by atoms with Crippen LogP contribution in [0.1, 0.15) is 34.3 Å². The molecule has 8 nitrogen and oxygen atoms in total. The molecule has 0 bridgehead atoms. The predicted molar refractivity (Wildman–Crippen MR) is 150 cm³/mol. The van der Waals surface area contributed by atoms with Crippen molar-refractivity contribution < 1.29 is 14.4 Å². The van der Waals surface area contributed by atoms with Crippen LogP contribution in [0.3, 0.4) is 0 Å². The molecule has 38 heavy (non-hydrogen) atoms. The molecule has 3 aliphatic heterocycles. The molecule has 0 spiro atoms. The Bertz CT molecular complexity index is 1200. The van der Waals surface area contributed by atoms with Gasteiger partial charge in [-0.25, -0.2) is 0 Å². The highest BCUT2D eigenvalue weighted by Crippen LogP contribution is 2.29. The van der Waals surface area contributed by atoms with E-state index in [-0.39, 0.29) is 30.1 Å². The van der Waals surface area contributed by atoms with E-state index in [2.05, 4.69) is 41.8 Å². The summed E-state index contributed by atoms with van der Waals surface area (Å²) in [7, 11) is 4.08. The summed E-state index contributed by atoms with van der Waals surface area (Å²) in [6.07, 6.45) is 1.21. The summed E-state index contributed by atoms with van der Waals surface area (Å²) in [4.78, 5) is 49.1. The average Bonchev–Trinajstić information content (AvgIpc) is 3.56. The Kier molecular flexibility index (Phi) is 7.43. The van der Waals surface area contributed by atoms with Crippen LogP contribution < -0.4 is 9.80 Å². The summed E-state index contributed by atoms with van der Waals surface area (Å²) in [5.41, 5.74) is 5.13. The number of rotatable bonds is 5. The first-order chi connectivity index (χ1) is 18.2. The second-order valence-electron chi connectivity index (χ2n) is 11.2. The predicted octanol–water partition coefficient (Wildman–Crippen LogP) is 2.78. The fraction of sp³-hybridized carbons (Fsp3) is 0.500. The van der Waals surface area contributed by atoms with Crippen molar-refractivity contribution in [3.05, 3.63) is 59.2 Å². The molecule has 3 aliphatic rings. The zero-order valence-corrected chi connectivity index (χ0v) is 23.0. The number of hydrogen-bond acceptors (Lipinski definition) is 5. The van der Waals surface area contributed by atoms with Crippen LogP contribution in [-0.2, 0) is 9.59 Å². The number of nitrogens with zero attached hydrogens (tertiary/aromatic N) is 5. The molecule has 3 saturated heterocycles. The highest BCUT2D eigenvalue weighted by molar-refractivity contribution is 6.01. The smallest absolute Gasteiger partial charge is 0.253 e. The monoisotopic (exact) mass is 517 g/mol. The van der Waals surface area contributed by atoms with Crippen molar-refractivity contribution in [1.82, 2.24) is 14.7 Å². The van der Waals surface area contributed by atoms with Gasteiger partial charge in [0.2, 0.25) is 11.8 Å². The van der Waals surface area contributed by atoms with Gasteiger partial charge < -0.3 is 24.5 Å². The number of benzene rings is 2. The molecule has 3 amide bonds. The average molecular weight is 518 g/mol. The van der Waals surface area contributed by atoms with E-state index < -0.39 is 0 Å². The van der Waals surface area contributed by atoms with Gasteiger partial charge in [0.25, 0.3) is 5.91 Å². The summed E-state index contributed by atoms with van der Waals surface area (Å²) in [5.74, 6) is -0.245. The van der Waals surface area contributed by atoms with Gasteiger partial charge in [-0.05, 0) is 70.3 Å². The Hall–Kier alpha value is -3.39. The third-order valence-corrected chi connectivity index (χ3v) is 8.37. The fourth-order valence-corrected chi connectivity index (χ4v) is 6.02. The first-order valence-corrected chi connectivity index (χ1v) is 13.7. The van der Waals surface area contributed by atoms with Crippen LogP contribution >= 0.6 is 0 Å². The minimum Gasteiger partial charge on any atom is -0.368 e. The SMILES string of the molecule is Cc1ccc(N2CCN(C(=O)c3ccc(N4CC(C(=O)N5CCC(N(C)C)C5)CC4=O)cc3)CC2)c(C)c1. The van der Waals surface area contributed by atoms with Crippen molar-refractivity contribution in [3.8, 4) is 0 Å². The van der Waals surface area contributed by atoms with Crippen LogP contribution in [0.15, 0.2) is 42.5 Å². The maximum absolute atomic E-state index is 13.2. The van der Waals surface area contributed by atoms with E-state index in [9.17, 15) is 14.4 Å². The van der Waals surface area contributed by atoms with Gasteiger partial charge >= 0.3 is 0 Å². The Morgan fingerprint density at radius 3 is 2.21 bits per heavy atom. The molecule has 2 aromatic carbocycles. The molecule has 3 fully saturated rings. The maximum Gasteiger partial charge on any atom is 0.253 e. The second kappa shape index (κ2) is 10.8. The molecule has 0 aliphatic carbocycles. The van der Waals surface area contributed by atoms with Crippen molar-refractivity contribution in [2.24, 2.45) is 5.92 Å². The van der Waals surface area contributed by atoms with E-state index in [0.717, 1.165) is 38.3 Å². The number of piperazine rings is 1. The van der Waals surface area contributed by atoms with Gasteiger partial charge in [-0.2, -0.15) is 0 Å². The minimum absolute atomic E-state index is 0.0158. The third kappa shape index (κ3) is 5.27. The molecular weight excluding hydrogens is 478 g/mol. The van der Waals surface area contributed by atoms with E-state index in [1.54, 1.807) is 17.0 Å². The molecule has 8 heteroatoms. The highest BCUT2D eigenvalue weighted by Gasteiger charge is 2.39. The van der Waals surface area contributed by atoms with Gasteiger partial charge in [-0.1, -0.05) is 17.7 Å². The minimum atomic E-state index is -0.307. The van der Waals surface area contributed by atoms with Crippen LogP contribution in [-0.4, -0.2) is 98.4 Å². The Morgan fingerprint density at radius 2 is 1.58 bits per heavy atom. The van der Waals surface area contributed by atoms with Crippen molar-refractivity contribution >= 4 is 29.1 Å². The van der Waals surface area contributed by atoms with E-state index in [0.29, 0.717) is 31.2 Å². The Labute approximate surface area is 225 Å². The van der Waals surface area contributed by atoms with Gasteiger partial charge in [0.1, 0.15) is 0 Å². The van der Waals surface area contributed by atoms with Crippen LogP contribution in [0.4, 0.5) is 11.4 Å². The molecule has 0 radical (unpaired) electrons. The number of carbonyl (C=O) groups is 3. The first kappa shape index (κ1) is 26.2. The van der Waals surface area contributed by atoms with Crippen molar-refractivity contribution in [1.29, 1.82) is 0 Å². The van der Waals surface area contributed by atoms with Crippen molar-refractivity contribution in [3.63, 3.8) is 0 Å². The van der Waals surface area contributed by atoms with Crippen LogP contribution in [0.25, 0.3) is 0 Å². The molecule has 0 aromatic heterocycles. The zero-order chi connectivity index (χ0) is 27.0. The normalized spacial score (nSPS) is 22.1. The summed E-state index contributed by atoms with van der Waals surface area (Å²) in [6, 6.07) is 14.2. The van der Waals surface area contributed by atoms with Gasteiger partial charge in [0.15, 0.2) is 0 Å². The molecule has 5 rings (SSSR count). The quantitative estimate of drug-likeness (QED) is 0.610. The second-order valence-corrected chi connectivity index (χ2v) is 11.2. The van der Waals surface area contributed by atoms with E-state index in [1.165, 1.54) is 16.8 Å². The fourth-order valence-electron chi connectivity index (χ4n) is 6.02. The molecule has 2 unspecified atom stereocenters. The number of hydrogen-bond donors (Lipinski definition) is 0. The van der Waals surface area contributed by atoms with E-state index in [4.69, 9.17) is 0 Å². The largest absolute Gasteiger partial charge is 0.368 e. The number of aryl methyl sites for hydroxylation is 2. The summed E-state index contributed by atoms with van der Waals surface area (Å²) >= 11 is 0. The molecule has 2 aromatic rings. The number of carbonyl (C=O) groups excluding carboxylic acids is 3. The molecule has 202 valence electrons. The van der Waals surface area contributed by atoms with Crippen LogP contribution in [0.2, 0.25) is 0 Å². The van der Waals surface area contributed by atoms with Crippen LogP contribution in [0, 0.1) is 19.8 Å². The summed E-state index contributed by atoms with van der Waals surface area (Å²) in [6.45, 7) is 9.07. The van der Waals surface area contributed by atoms with Crippen LogP contribution in [0.5, 0.6) is 0 Å². The molecular formula is C30H39N5O3. The molecule has 0 saturated carbocycles. The lowest BCUT2D eigenvalue weighted by molar-refractivity contribution is -0.134. The number of likely N-dealkylation sites (tertiary alicyclic amines) is 1. The van der Waals surface area contributed by atoms with E-state index in [1.807, 2.05) is 36.0 Å². The Morgan fingerprint density at radius 1 is 0.868 bits per heavy atom. The third-order valence-electron chi connectivity index (χ3n) is 8.37. The maximum atomic E-state index is 13.2. The lowest BCUT2D eigenvalue weighted by atomic mass is 10.1. The molecule has 2 atom stereocenters. The summed E-state index contributed by atoms with van der Waals surface area (Å²) < 4.78 is 0. The standard InChI is InChI=1S/C30H39N5O3/c1-21-5-10-27(22(2)17-21)32-13-15-33(16-14-32)29(37)23-6-8-25(9-7-23)35-19-24(18-28(35)36)30(38)34-12-11-26(20-34)31(3)4/h5-10,17,24,26H,11-16,18-20H2,1-4H3. The van der Waals surface area contributed by atoms with Crippen molar-refractivity contribution in [2.75, 3.05) is 69.7 Å². The lowest BCUT2D eigenvalue weighted by Crippen LogP contribution is -2.49. The highest BCUT2D eigenvalue weighted by atomic mass is 16.2. The van der Waals surface area contributed by atoms with Crippen molar-refractivity contribution in [2.45, 2.75) is 32.7 Å². The topological polar surface area (TPSA) is 67.4 Å². The summed E-state index contributed by atoms with van der Waals surface area (Å²) in [5, 5.41) is 0. The zero-order valence-electron chi connectivity index (χ0n) is 23.0. The lowest BCUT2D eigenvalue weighted by Gasteiger charge is -2.37. The van der Waals surface area contributed by atoms with Gasteiger partial charge in [-0.3, -0.25) is 14.4 Å². The molecule has 0 N–H and O–H groups in total. The first-order valence-electron chi connectivity index (χ1n) is 13.7. The van der Waals surface area contributed by atoms with E-state index >= 15 is 0 Å². The Balaban J connectivity index is 1.17. The van der Waals surface area contributed by atoms with Gasteiger partial charge in [0, 0.05) is 75.2 Å². The number of amides is 3. The number of likely N-dealkylation sites (N-methyl/N-ethyl adjacent to an activating group) is 1.